The summed E-state index contributed by atoms with van der Waals surface area (Å²) < 4.78 is 0. The Hall–Kier alpha value is 0. The molecule has 0 aromatic carbocycles. The van der Waals surface area contributed by atoms with Gasteiger partial charge in [-0.2, -0.15) is 0 Å². The van der Waals surface area contributed by atoms with E-state index in [1.54, 1.807) is 0 Å². The lowest BCUT2D eigenvalue weighted by molar-refractivity contribution is 0.694. The first-order chi connectivity index (χ1) is 2.27. The average Bonchev–Trinajstić information content (AvgIpc) is 1.38. The van der Waals surface area contributed by atoms with Crippen molar-refractivity contribution < 1.29 is 0 Å². The standard InChI is InChI=1S/C5H9/c1-4-5(2)3/h5H,4H2,1-2H3. The van der Waals surface area contributed by atoms with Crippen molar-refractivity contribution in [2.45, 2.75) is 20.3 Å². The van der Waals surface area contributed by atoms with Crippen LogP contribution in [0.1, 0.15) is 20.3 Å². The van der Waals surface area contributed by atoms with Crippen LogP contribution in [0.25, 0.3) is 0 Å². The second-order valence-corrected chi connectivity index (χ2v) is 1.31. The minimum Gasteiger partial charge on any atom is -0.0651 e. The fourth-order valence-corrected chi connectivity index (χ4v) is 0. The molecular formula is C5H9. The van der Waals surface area contributed by atoms with Crippen molar-refractivity contribution in [3.05, 3.63) is 6.92 Å². The summed E-state index contributed by atoms with van der Waals surface area (Å²) in [5.41, 5.74) is 0. The Balaban J connectivity index is 2.54. The van der Waals surface area contributed by atoms with Gasteiger partial charge in [0, 0.05) is 0 Å². The third kappa shape index (κ3) is 4.00. The Kier molecular flexibility index (Phi) is 2.25. The van der Waals surface area contributed by atoms with Gasteiger partial charge >= 0.3 is 0 Å². The minimum absolute atomic E-state index is 0.134. The largest absolute Gasteiger partial charge is 0.0651 e. The molecule has 0 aliphatic heterocycles. The predicted molar refractivity (Wildman–Crippen MR) is 22.7 cm³/mol. The molecular weight excluding hydrogens is 60.1 g/mol. The van der Waals surface area contributed by atoms with E-state index in [0.29, 0.717) is 0 Å². The monoisotopic (exact) mass is 69.1 g/mol. The van der Waals surface area contributed by atoms with Gasteiger partial charge in [-0.1, -0.05) is 20.3 Å². The molecule has 29 valence electrons. The van der Waals surface area contributed by atoms with E-state index in [0.717, 1.165) is 6.42 Å². The molecule has 0 spiro atoms. The summed E-state index contributed by atoms with van der Waals surface area (Å²) in [7, 11) is 0. The van der Waals surface area contributed by atoms with E-state index >= 15 is 0 Å². The SMILES string of the molecule is [C]C(C)CC. The molecule has 0 rings (SSSR count). The Labute approximate surface area is 34.2 Å². The summed E-state index contributed by atoms with van der Waals surface area (Å²) in [4.78, 5) is 0. The molecule has 1 unspecified atom stereocenters. The highest BCUT2D eigenvalue weighted by molar-refractivity contribution is 4.46. The van der Waals surface area contributed by atoms with Crippen LogP contribution in [0.4, 0.5) is 0 Å². The van der Waals surface area contributed by atoms with Gasteiger partial charge in [0.2, 0.25) is 0 Å². The van der Waals surface area contributed by atoms with E-state index in [1.807, 2.05) is 13.8 Å². The number of hydrogen-bond donors (Lipinski definition) is 0. The number of rotatable bonds is 1. The highest BCUT2D eigenvalue weighted by Crippen LogP contribution is 1.93. The Morgan fingerprint density at radius 1 is 1.80 bits per heavy atom. The molecule has 0 heteroatoms. The summed E-state index contributed by atoms with van der Waals surface area (Å²) in [5.74, 6) is 0.134. The lowest BCUT2D eigenvalue weighted by Gasteiger charge is -1.89. The molecule has 0 N–H and O–H groups in total. The smallest absolute Gasteiger partial charge is 0.00598 e. The Morgan fingerprint density at radius 2 is 2.00 bits per heavy atom. The number of hydrogen-bond acceptors (Lipinski definition) is 0. The van der Waals surface area contributed by atoms with Gasteiger partial charge in [-0.15, -0.1) is 0 Å². The van der Waals surface area contributed by atoms with Crippen LogP contribution in [0.15, 0.2) is 0 Å². The third-order valence-electron chi connectivity index (χ3n) is 0.612. The van der Waals surface area contributed by atoms with Gasteiger partial charge in [0.05, 0.1) is 0 Å². The third-order valence-corrected chi connectivity index (χ3v) is 0.612. The van der Waals surface area contributed by atoms with Crippen molar-refractivity contribution >= 4 is 0 Å². The molecule has 1 atom stereocenters. The molecule has 3 radical (unpaired) electrons. The second-order valence-electron chi connectivity index (χ2n) is 1.31. The van der Waals surface area contributed by atoms with E-state index in [2.05, 4.69) is 0 Å². The van der Waals surface area contributed by atoms with E-state index in [9.17, 15) is 0 Å². The fourth-order valence-electron chi connectivity index (χ4n) is 0. The summed E-state index contributed by atoms with van der Waals surface area (Å²) in [6, 6.07) is 0. The van der Waals surface area contributed by atoms with Gasteiger partial charge < -0.3 is 0 Å². The summed E-state index contributed by atoms with van der Waals surface area (Å²) in [6.45, 7) is 10.7. The maximum Gasteiger partial charge on any atom is -0.00598 e. The Morgan fingerprint density at radius 3 is 2.00 bits per heavy atom. The lowest BCUT2D eigenvalue weighted by Crippen LogP contribution is -1.77. The molecule has 0 saturated carbocycles. The maximum atomic E-state index is 6.83. The van der Waals surface area contributed by atoms with Crippen molar-refractivity contribution in [1.82, 2.24) is 0 Å². The topological polar surface area (TPSA) is 0 Å². The first-order valence-corrected chi connectivity index (χ1v) is 1.98. The molecule has 0 nitrogen and oxygen atoms in total. The van der Waals surface area contributed by atoms with Crippen molar-refractivity contribution in [2.24, 2.45) is 5.92 Å². The summed E-state index contributed by atoms with van der Waals surface area (Å²) >= 11 is 0. The first kappa shape index (κ1) is 5.00. The van der Waals surface area contributed by atoms with Crippen molar-refractivity contribution in [3.63, 3.8) is 0 Å². The average molecular weight is 69.1 g/mol. The van der Waals surface area contributed by atoms with Crippen LogP contribution in [0.3, 0.4) is 0 Å². The molecule has 0 aromatic heterocycles. The van der Waals surface area contributed by atoms with E-state index < -0.39 is 0 Å². The van der Waals surface area contributed by atoms with Gasteiger partial charge in [0.25, 0.3) is 0 Å². The van der Waals surface area contributed by atoms with E-state index in [1.165, 1.54) is 0 Å². The summed E-state index contributed by atoms with van der Waals surface area (Å²) in [6.07, 6.45) is 0.972. The van der Waals surface area contributed by atoms with Gasteiger partial charge in [0.1, 0.15) is 0 Å². The van der Waals surface area contributed by atoms with Crippen molar-refractivity contribution in [1.29, 1.82) is 0 Å². The molecule has 0 fully saturated rings. The predicted octanol–water partition coefficient (Wildman–Crippen LogP) is 1.62. The Bertz CT molecular complexity index is 14.0. The van der Waals surface area contributed by atoms with Crippen LogP contribution < -0.4 is 0 Å². The first-order valence-electron chi connectivity index (χ1n) is 1.98. The van der Waals surface area contributed by atoms with Gasteiger partial charge in [-0.05, 0) is 12.8 Å². The molecule has 0 bridgehead atoms. The highest BCUT2D eigenvalue weighted by atomic mass is 13.9. The van der Waals surface area contributed by atoms with Crippen LogP contribution in [0.5, 0.6) is 0 Å². The molecule has 0 aromatic rings. The molecule has 0 amide bonds. The minimum atomic E-state index is 0.134. The van der Waals surface area contributed by atoms with Crippen molar-refractivity contribution in [3.8, 4) is 0 Å². The van der Waals surface area contributed by atoms with Gasteiger partial charge in [0.15, 0.2) is 0 Å². The second kappa shape index (κ2) is 2.25. The van der Waals surface area contributed by atoms with Crippen LogP contribution in [-0.2, 0) is 0 Å². The zero-order valence-electron chi connectivity index (χ0n) is 3.78. The quantitative estimate of drug-likeness (QED) is 0.439. The highest BCUT2D eigenvalue weighted by Gasteiger charge is 1.81. The van der Waals surface area contributed by atoms with Crippen LogP contribution in [-0.4, -0.2) is 0 Å². The maximum absolute atomic E-state index is 6.83. The lowest BCUT2D eigenvalue weighted by atomic mass is 10.2. The normalized spacial score (nSPS) is 9.60. The van der Waals surface area contributed by atoms with Crippen LogP contribution >= 0.6 is 0 Å². The van der Waals surface area contributed by atoms with Crippen LogP contribution in [0.2, 0.25) is 0 Å². The van der Waals surface area contributed by atoms with Gasteiger partial charge in [-0.3, -0.25) is 0 Å². The fraction of sp³-hybridized carbons (Fsp3) is 0.800. The van der Waals surface area contributed by atoms with E-state index in [4.69, 9.17) is 6.92 Å². The zero-order chi connectivity index (χ0) is 4.28. The molecule has 0 aliphatic rings. The zero-order valence-corrected chi connectivity index (χ0v) is 3.78. The summed E-state index contributed by atoms with van der Waals surface area (Å²) in [5, 5.41) is 0. The van der Waals surface area contributed by atoms with E-state index in [-0.39, 0.29) is 5.92 Å². The van der Waals surface area contributed by atoms with Gasteiger partial charge in [-0.25, -0.2) is 0 Å². The van der Waals surface area contributed by atoms with Crippen molar-refractivity contribution in [2.75, 3.05) is 0 Å². The van der Waals surface area contributed by atoms with Crippen LogP contribution in [0, 0.1) is 12.8 Å². The molecule has 0 aliphatic carbocycles. The molecule has 0 saturated heterocycles. The molecule has 5 heavy (non-hydrogen) atoms. The molecule has 0 heterocycles.